The molecule has 2 aromatic rings. The molecule has 0 bridgehead atoms. The zero-order valence-corrected chi connectivity index (χ0v) is 15.8. The molecule has 29 heavy (non-hydrogen) atoms. The molecule has 0 spiro atoms. The first-order valence-corrected chi connectivity index (χ1v) is 9.09. The van der Waals surface area contributed by atoms with E-state index >= 15 is 0 Å². The molecule has 4 nitrogen and oxygen atoms in total. The summed E-state index contributed by atoms with van der Waals surface area (Å²) < 4.78 is 59.0. The van der Waals surface area contributed by atoms with Crippen LogP contribution in [0.3, 0.4) is 0 Å². The highest BCUT2D eigenvalue weighted by molar-refractivity contribution is 6.10. The molecule has 1 aliphatic rings. The summed E-state index contributed by atoms with van der Waals surface area (Å²) in [5.74, 6) is -2.16. The number of carbonyl (C=O) groups excluding carboxylic acids is 2. The lowest BCUT2D eigenvalue weighted by Gasteiger charge is -2.19. The van der Waals surface area contributed by atoms with Crippen molar-refractivity contribution in [2.75, 3.05) is 11.5 Å². The summed E-state index contributed by atoms with van der Waals surface area (Å²) in [6.07, 6.45) is -4.63. The summed E-state index contributed by atoms with van der Waals surface area (Å²) in [5, 5.41) is 0. The van der Waals surface area contributed by atoms with Gasteiger partial charge >= 0.3 is 12.1 Å². The van der Waals surface area contributed by atoms with Crippen molar-refractivity contribution in [3.63, 3.8) is 0 Å². The molecule has 0 N–H and O–H groups in total. The topological polar surface area (TPSA) is 46.6 Å². The van der Waals surface area contributed by atoms with Crippen LogP contribution in [0.4, 0.5) is 23.2 Å². The standard InChI is InChI=1S/C21H19F4NO3/c1-3-29-19(27)9-12(2)15-10-13(7-8-18(15)22)26-11-16-14(20(26)28)5-4-6-17(16)21(23,24)25/h4-8,10,12H,3,9,11H2,1-2H3. The van der Waals surface area contributed by atoms with Crippen LogP contribution in [0.25, 0.3) is 0 Å². The molecule has 1 amide bonds. The van der Waals surface area contributed by atoms with Gasteiger partial charge in [0.25, 0.3) is 5.91 Å². The minimum Gasteiger partial charge on any atom is -0.466 e. The zero-order chi connectivity index (χ0) is 21.3. The number of ether oxygens (including phenoxy) is 1. The highest BCUT2D eigenvalue weighted by Gasteiger charge is 2.39. The van der Waals surface area contributed by atoms with Gasteiger partial charge in [-0.25, -0.2) is 4.39 Å². The maximum absolute atomic E-state index is 14.3. The molecular formula is C21H19F4NO3. The molecule has 0 aliphatic carbocycles. The van der Waals surface area contributed by atoms with Crippen molar-refractivity contribution >= 4 is 17.6 Å². The predicted octanol–water partition coefficient (Wildman–Crippen LogP) is 5.06. The highest BCUT2D eigenvalue weighted by atomic mass is 19.4. The minimum absolute atomic E-state index is 0.0229. The van der Waals surface area contributed by atoms with Gasteiger partial charge in [0.2, 0.25) is 0 Å². The molecule has 1 aliphatic heterocycles. The Morgan fingerprint density at radius 1 is 1.24 bits per heavy atom. The van der Waals surface area contributed by atoms with Crippen LogP contribution in [0.2, 0.25) is 0 Å². The SMILES string of the molecule is CCOC(=O)CC(C)c1cc(N2Cc3c(cccc3C(F)(F)F)C2=O)ccc1F. The number of carbonyl (C=O) groups is 2. The van der Waals surface area contributed by atoms with Gasteiger partial charge in [0.05, 0.1) is 25.1 Å². The van der Waals surface area contributed by atoms with E-state index in [9.17, 15) is 27.2 Å². The third kappa shape index (κ3) is 4.11. The Bertz CT molecular complexity index is 955. The predicted molar refractivity (Wildman–Crippen MR) is 98.0 cm³/mol. The molecule has 0 saturated heterocycles. The van der Waals surface area contributed by atoms with Gasteiger partial charge < -0.3 is 9.64 Å². The lowest BCUT2D eigenvalue weighted by Crippen LogP contribution is -2.23. The van der Waals surface area contributed by atoms with Crippen LogP contribution in [-0.4, -0.2) is 18.5 Å². The number of alkyl halides is 3. The Morgan fingerprint density at radius 3 is 2.62 bits per heavy atom. The van der Waals surface area contributed by atoms with E-state index in [-0.39, 0.29) is 42.0 Å². The van der Waals surface area contributed by atoms with Gasteiger partial charge in [0.1, 0.15) is 5.82 Å². The molecule has 0 radical (unpaired) electrons. The van der Waals surface area contributed by atoms with Crippen LogP contribution < -0.4 is 4.90 Å². The summed E-state index contributed by atoms with van der Waals surface area (Å²) in [5.41, 5.74) is -0.522. The average Bonchev–Trinajstić information content (AvgIpc) is 2.98. The number of amides is 1. The number of anilines is 1. The van der Waals surface area contributed by atoms with Gasteiger partial charge in [-0.1, -0.05) is 13.0 Å². The van der Waals surface area contributed by atoms with Crippen LogP contribution in [0.1, 0.15) is 53.2 Å². The summed E-state index contributed by atoms with van der Waals surface area (Å²) in [6.45, 7) is 3.24. The first-order chi connectivity index (χ1) is 13.6. The highest BCUT2D eigenvalue weighted by Crippen LogP contribution is 2.39. The van der Waals surface area contributed by atoms with Crippen LogP contribution in [0.15, 0.2) is 36.4 Å². The fourth-order valence-corrected chi connectivity index (χ4v) is 3.46. The average molecular weight is 409 g/mol. The number of hydrogen-bond acceptors (Lipinski definition) is 3. The molecule has 1 atom stereocenters. The van der Waals surface area contributed by atoms with E-state index < -0.39 is 35.4 Å². The number of esters is 1. The molecule has 0 aromatic heterocycles. The zero-order valence-electron chi connectivity index (χ0n) is 15.8. The van der Waals surface area contributed by atoms with Crippen molar-refractivity contribution in [2.45, 2.75) is 38.9 Å². The molecular weight excluding hydrogens is 390 g/mol. The number of benzene rings is 2. The minimum atomic E-state index is -4.58. The van der Waals surface area contributed by atoms with Crippen molar-refractivity contribution < 1.29 is 31.9 Å². The van der Waals surface area contributed by atoms with E-state index in [1.807, 2.05) is 0 Å². The van der Waals surface area contributed by atoms with E-state index in [0.717, 1.165) is 12.1 Å². The van der Waals surface area contributed by atoms with E-state index in [4.69, 9.17) is 4.74 Å². The largest absolute Gasteiger partial charge is 0.466 e. The molecule has 0 fully saturated rings. The quantitative estimate of drug-likeness (QED) is 0.512. The summed E-state index contributed by atoms with van der Waals surface area (Å²) in [7, 11) is 0. The van der Waals surface area contributed by atoms with Crippen molar-refractivity contribution in [3.8, 4) is 0 Å². The van der Waals surface area contributed by atoms with E-state index in [1.54, 1.807) is 13.8 Å². The molecule has 1 unspecified atom stereocenters. The van der Waals surface area contributed by atoms with Crippen LogP contribution in [0, 0.1) is 5.82 Å². The van der Waals surface area contributed by atoms with Gasteiger partial charge in [0, 0.05) is 11.3 Å². The number of nitrogens with zero attached hydrogens (tertiary/aromatic N) is 1. The van der Waals surface area contributed by atoms with Gasteiger partial charge in [-0.3, -0.25) is 9.59 Å². The molecule has 154 valence electrons. The second-order valence-corrected chi connectivity index (χ2v) is 6.84. The molecule has 2 aromatic carbocycles. The summed E-state index contributed by atoms with van der Waals surface area (Å²) >= 11 is 0. The van der Waals surface area contributed by atoms with Crippen molar-refractivity contribution in [3.05, 3.63) is 64.5 Å². The van der Waals surface area contributed by atoms with Crippen molar-refractivity contribution in [1.82, 2.24) is 0 Å². The second-order valence-electron chi connectivity index (χ2n) is 6.84. The van der Waals surface area contributed by atoms with Gasteiger partial charge in [-0.05, 0) is 54.3 Å². The van der Waals surface area contributed by atoms with Gasteiger partial charge in [-0.2, -0.15) is 13.2 Å². The van der Waals surface area contributed by atoms with Crippen molar-refractivity contribution in [2.24, 2.45) is 0 Å². The van der Waals surface area contributed by atoms with Crippen LogP contribution in [0.5, 0.6) is 0 Å². The molecule has 3 rings (SSSR count). The van der Waals surface area contributed by atoms with E-state index in [0.29, 0.717) is 0 Å². The maximum Gasteiger partial charge on any atom is 0.416 e. The Hall–Kier alpha value is -2.90. The molecule has 1 heterocycles. The maximum atomic E-state index is 14.3. The monoisotopic (exact) mass is 409 g/mol. The van der Waals surface area contributed by atoms with Gasteiger partial charge in [-0.15, -0.1) is 0 Å². The van der Waals surface area contributed by atoms with Crippen molar-refractivity contribution in [1.29, 1.82) is 0 Å². The Balaban J connectivity index is 1.92. The van der Waals surface area contributed by atoms with Crippen LogP contribution >= 0.6 is 0 Å². The third-order valence-electron chi connectivity index (χ3n) is 4.87. The van der Waals surface area contributed by atoms with E-state index in [1.165, 1.54) is 29.2 Å². The molecule has 0 saturated carbocycles. The third-order valence-corrected chi connectivity index (χ3v) is 4.87. The number of hydrogen-bond donors (Lipinski definition) is 0. The summed E-state index contributed by atoms with van der Waals surface area (Å²) in [6, 6.07) is 7.37. The normalized spacial score (nSPS) is 14.7. The van der Waals surface area contributed by atoms with Crippen LogP contribution in [-0.2, 0) is 22.3 Å². The van der Waals surface area contributed by atoms with Gasteiger partial charge in [0.15, 0.2) is 0 Å². The molecule has 8 heteroatoms. The first kappa shape index (κ1) is 20.8. The van der Waals surface area contributed by atoms with E-state index in [2.05, 4.69) is 0 Å². The smallest absolute Gasteiger partial charge is 0.416 e. The first-order valence-electron chi connectivity index (χ1n) is 9.09. The number of rotatable bonds is 5. The fourth-order valence-electron chi connectivity index (χ4n) is 3.46. The number of halogens is 4. The fraction of sp³-hybridized carbons (Fsp3) is 0.333. The lowest BCUT2D eigenvalue weighted by atomic mass is 9.96. The second kappa shape index (κ2) is 7.85. The Morgan fingerprint density at radius 2 is 1.97 bits per heavy atom. The number of fused-ring (bicyclic) bond motifs is 1. The Kier molecular flexibility index (Phi) is 5.64. The Labute approximate surface area is 165 Å². The summed E-state index contributed by atoms with van der Waals surface area (Å²) in [4.78, 5) is 25.6. The lowest BCUT2D eigenvalue weighted by molar-refractivity contribution is -0.143.